The van der Waals surface area contributed by atoms with E-state index in [1.165, 1.54) is 5.56 Å². The van der Waals surface area contributed by atoms with Crippen LogP contribution in [0.4, 0.5) is 4.79 Å². The molecule has 0 bridgehead atoms. The van der Waals surface area contributed by atoms with Crippen LogP contribution in [0.3, 0.4) is 0 Å². The number of nitrogens with one attached hydrogen (secondary N) is 1. The molecule has 0 aliphatic carbocycles. The van der Waals surface area contributed by atoms with Crippen LogP contribution in [0.1, 0.15) is 5.56 Å². The predicted molar refractivity (Wildman–Crippen MR) is 77.4 cm³/mol. The number of carbonyl (C=O) groups is 1. The van der Waals surface area contributed by atoms with Crippen LogP contribution in [0.5, 0.6) is 0 Å². The number of rotatable bonds is 5. The molecule has 1 aliphatic rings. The summed E-state index contributed by atoms with van der Waals surface area (Å²) in [5.74, 6) is 1.00. The van der Waals surface area contributed by atoms with Crippen molar-refractivity contribution in [1.82, 2.24) is 5.32 Å². The first kappa shape index (κ1) is 13.7. The third-order valence-corrected chi connectivity index (χ3v) is 3.75. The summed E-state index contributed by atoms with van der Waals surface area (Å²) in [5.41, 5.74) is 6.18. The highest BCUT2D eigenvalue weighted by molar-refractivity contribution is 8.14. The highest BCUT2D eigenvalue weighted by atomic mass is 32.2. The van der Waals surface area contributed by atoms with Crippen molar-refractivity contribution in [2.24, 2.45) is 10.7 Å². The fourth-order valence-corrected chi connectivity index (χ4v) is 2.82. The topological polar surface area (TPSA) is 76.7 Å². The number of hydrogen-bond acceptors (Lipinski definition) is 4. The minimum Gasteiger partial charge on any atom is -0.448 e. The van der Waals surface area contributed by atoms with E-state index in [0.29, 0.717) is 12.6 Å². The lowest BCUT2D eigenvalue weighted by atomic mass is 10.1. The summed E-state index contributed by atoms with van der Waals surface area (Å²) in [6, 6.07) is 10.8. The Kier molecular flexibility index (Phi) is 5.09. The molecule has 5 nitrogen and oxygen atoms in total. The van der Waals surface area contributed by atoms with Gasteiger partial charge >= 0.3 is 6.09 Å². The molecule has 1 amide bonds. The van der Waals surface area contributed by atoms with Gasteiger partial charge in [-0.25, -0.2) is 4.79 Å². The van der Waals surface area contributed by atoms with Gasteiger partial charge in [0.15, 0.2) is 5.17 Å². The second-order valence-corrected chi connectivity index (χ2v) is 5.21. The zero-order chi connectivity index (χ0) is 13.5. The molecule has 1 aromatic rings. The zero-order valence-electron chi connectivity index (χ0n) is 10.5. The number of amidine groups is 1. The highest BCUT2D eigenvalue weighted by Gasteiger charge is 2.20. The SMILES string of the molecule is NC(=O)OCCN=C1NC(Cc2ccccc2)CS1. The van der Waals surface area contributed by atoms with Crippen molar-refractivity contribution in [3.8, 4) is 0 Å². The van der Waals surface area contributed by atoms with Gasteiger partial charge in [-0.1, -0.05) is 42.1 Å². The molecule has 6 heteroatoms. The Morgan fingerprint density at radius 2 is 2.26 bits per heavy atom. The van der Waals surface area contributed by atoms with E-state index in [4.69, 9.17) is 5.73 Å². The number of hydrogen-bond donors (Lipinski definition) is 2. The Bertz CT molecular complexity index is 450. The molecule has 1 saturated heterocycles. The summed E-state index contributed by atoms with van der Waals surface area (Å²) in [4.78, 5) is 14.7. The third kappa shape index (κ3) is 4.82. The number of carbonyl (C=O) groups excluding carboxylic acids is 1. The van der Waals surface area contributed by atoms with Gasteiger partial charge in [0.2, 0.25) is 0 Å². The number of nitrogens with zero attached hydrogens (tertiary/aromatic N) is 1. The molecule has 0 spiro atoms. The van der Waals surface area contributed by atoms with Crippen LogP contribution in [-0.4, -0.2) is 36.2 Å². The van der Waals surface area contributed by atoms with Crippen molar-refractivity contribution >= 4 is 23.0 Å². The van der Waals surface area contributed by atoms with Gasteiger partial charge in [0, 0.05) is 11.8 Å². The summed E-state index contributed by atoms with van der Waals surface area (Å²) in [7, 11) is 0. The first-order valence-electron chi connectivity index (χ1n) is 6.14. The number of benzene rings is 1. The molecular formula is C13H17N3O2S. The molecule has 0 aromatic heterocycles. The van der Waals surface area contributed by atoms with Crippen LogP contribution in [0, 0.1) is 0 Å². The second kappa shape index (κ2) is 7.04. The van der Waals surface area contributed by atoms with E-state index in [1.807, 2.05) is 18.2 Å². The fourth-order valence-electron chi connectivity index (χ4n) is 1.83. The molecule has 19 heavy (non-hydrogen) atoms. The van der Waals surface area contributed by atoms with E-state index in [1.54, 1.807) is 11.8 Å². The molecule has 2 rings (SSSR count). The average molecular weight is 279 g/mol. The molecule has 1 fully saturated rings. The Labute approximate surface area is 116 Å². The summed E-state index contributed by atoms with van der Waals surface area (Å²) >= 11 is 1.70. The molecule has 102 valence electrons. The maximum atomic E-state index is 10.4. The van der Waals surface area contributed by atoms with E-state index in [-0.39, 0.29) is 6.61 Å². The van der Waals surface area contributed by atoms with Crippen LogP contribution in [-0.2, 0) is 11.2 Å². The van der Waals surface area contributed by atoms with Crippen LogP contribution in [0.15, 0.2) is 35.3 Å². The maximum absolute atomic E-state index is 10.4. The van der Waals surface area contributed by atoms with Crippen molar-refractivity contribution in [2.75, 3.05) is 18.9 Å². The van der Waals surface area contributed by atoms with Crippen LogP contribution in [0.2, 0.25) is 0 Å². The molecule has 0 saturated carbocycles. The van der Waals surface area contributed by atoms with Crippen molar-refractivity contribution in [2.45, 2.75) is 12.5 Å². The molecule has 1 atom stereocenters. The summed E-state index contributed by atoms with van der Waals surface area (Å²) in [5, 5.41) is 4.28. The fraction of sp³-hybridized carbons (Fsp3) is 0.385. The van der Waals surface area contributed by atoms with Gasteiger partial charge in [0.1, 0.15) is 6.61 Å². The van der Waals surface area contributed by atoms with Gasteiger partial charge in [-0.2, -0.15) is 0 Å². The number of aliphatic imine (C=N–C) groups is 1. The van der Waals surface area contributed by atoms with E-state index < -0.39 is 6.09 Å². The lowest BCUT2D eigenvalue weighted by molar-refractivity contribution is 0.160. The Morgan fingerprint density at radius 1 is 1.47 bits per heavy atom. The van der Waals surface area contributed by atoms with E-state index in [0.717, 1.165) is 17.3 Å². The smallest absolute Gasteiger partial charge is 0.404 e. The van der Waals surface area contributed by atoms with E-state index in [2.05, 4.69) is 27.2 Å². The molecule has 1 unspecified atom stereocenters. The maximum Gasteiger partial charge on any atom is 0.404 e. The first-order valence-corrected chi connectivity index (χ1v) is 7.12. The molecule has 1 aromatic carbocycles. The van der Waals surface area contributed by atoms with Crippen LogP contribution < -0.4 is 11.1 Å². The molecule has 1 heterocycles. The van der Waals surface area contributed by atoms with Gasteiger partial charge in [-0.3, -0.25) is 4.99 Å². The normalized spacial score (nSPS) is 20.2. The molecule has 1 aliphatic heterocycles. The highest BCUT2D eigenvalue weighted by Crippen LogP contribution is 2.17. The number of thioether (sulfide) groups is 1. The van der Waals surface area contributed by atoms with E-state index in [9.17, 15) is 4.79 Å². The standard InChI is InChI=1S/C13H17N3O2S/c14-12(17)18-7-6-15-13-16-11(9-19-13)8-10-4-2-1-3-5-10/h1-5,11H,6-9H2,(H2,14,17)(H,15,16). The molecular weight excluding hydrogens is 262 g/mol. The lowest BCUT2D eigenvalue weighted by Crippen LogP contribution is -2.29. The summed E-state index contributed by atoms with van der Waals surface area (Å²) in [6.07, 6.45) is 0.235. The largest absolute Gasteiger partial charge is 0.448 e. The summed E-state index contributed by atoms with van der Waals surface area (Å²) in [6.45, 7) is 0.667. The predicted octanol–water partition coefficient (Wildman–Crippen LogP) is 1.39. The monoisotopic (exact) mass is 279 g/mol. The lowest BCUT2D eigenvalue weighted by Gasteiger charge is -2.09. The first-order chi connectivity index (χ1) is 9.24. The second-order valence-electron chi connectivity index (χ2n) is 4.20. The number of nitrogens with two attached hydrogens (primary N) is 1. The van der Waals surface area contributed by atoms with Gasteiger partial charge in [0.25, 0.3) is 0 Å². The summed E-state index contributed by atoms with van der Waals surface area (Å²) < 4.78 is 4.62. The Morgan fingerprint density at radius 3 is 3.00 bits per heavy atom. The van der Waals surface area contributed by atoms with Crippen molar-refractivity contribution in [1.29, 1.82) is 0 Å². The quantitative estimate of drug-likeness (QED) is 0.798. The van der Waals surface area contributed by atoms with E-state index >= 15 is 0 Å². The zero-order valence-corrected chi connectivity index (χ0v) is 11.4. The number of ether oxygens (including phenoxy) is 1. The molecule has 0 radical (unpaired) electrons. The van der Waals surface area contributed by atoms with Crippen LogP contribution in [0.25, 0.3) is 0 Å². The van der Waals surface area contributed by atoms with Crippen molar-refractivity contribution in [3.63, 3.8) is 0 Å². The molecule has 3 N–H and O–H groups in total. The number of primary amides is 1. The Balaban J connectivity index is 1.73. The Hall–Kier alpha value is -1.69. The van der Waals surface area contributed by atoms with Gasteiger partial charge < -0.3 is 15.8 Å². The van der Waals surface area contributed by atoms with Crippen molar-refractivity contribution in [3.05, 3.63) is 35.9 Å². The van der Waals surface area contributed by atoms with Gasteiger partial charge in [-0.15, -0.1) is 0 Å². The number of amides is 1. The minimum atomic E-state index is -0.755. The third-order valence-electron chi connectivity index (χ3n) is 2.66. The minimum absolute atomic E-state index is 0.227. The average Bonchev–Trinajstić information content (AvgIpc) is 2.83. The van der Waals surface area contributed by atoms with Gasteiger partial charge in [-0.05, 0) is 12.0 Å². The van der Waals surface area contributed by atoms with Gasteiger partial charge in [0.05, 0.1) is 6.54 Å². The van der Waals surface area contributed by atoms with Crippen LogP contribution >= 0.6 is 11.8 Å². The van der Waals surface area contributed by atoms with Crippen molar-refractivity contribution < 1.29 is 9.53 Å².